The fourth-order valence-electron chi connectivity index (χ4n) is 3.30. The molecule has 3 heterocycles. The van der Waals surface area contributed by atoms with Gasteiger partial charge in [-0.25, -0.2) is 4.98 Å². The maximum atomic E-state index is 12.9. The molecule has 0 amide bonds. The highest BCUT2D eigenvalue weighted by Gasteiger charge is 2.34. The first kappa shape index (κ1) is 17.6. The minimum atomic E-state index is -3.39. The van der Waals surface area contributed by atoms with Crippen molar-refractivity contribution in [2.45, 2.75) is 18.8 Å². The lowest BCUT2D eigenvalue weighted by Crippen LogP contribution is -2.51. The highest BCUT2D eigenvalue weighted by molar-refractivity contribution is 7.86. The van der Waals surface area contributed by atoms with Crippen LogP contribution in [-0.2, 0) is 14.9 Å². The van der Waals surface area contributed by atoms with Crippen LogP contribution in [0.5, 0.6) is 0 Å². The number of ether oxygens (including phenoxy) is 1. The number of piperidine rings is 1. The van der Waals surface area contributed by atoms with Gasteiger partial charge in [-0.05, 0) is 36.5 Å². The van der Waals surface area contributed by atoms with E-state index in [9.17, 15) is 8.42 Å². The Hall–Kier alpha value is -1.22. The normalized spacial score (nSPS) is 24.0. The van der Waals surface area contributed by atoms with Gasteiger partial charge in [0.05, 0.1) is 13.2 Å². The van der Waals surface area contributed by atoms with Gasteiger partial charge in [-0.1, -0.05) is 0 Å². The Kier molecular flexibility index (Phi) is 5.39. The highest BCUT2D eigenvalue weighted by Crippen LogP contribution is 2.30. The zero-order valence-electron chi connectivity index (χ0n) is 14.4. The molecule has 8 heteroatoms. The molecule has 134 valence electrons. The van der Waals surface area contributed by atoms with Gasteiger partial charge in [0.2, 0.25) is 0 Å². The van der Waals surface area contributed by atoms with Gasteiger partial charge in [-0.2, -0.15) is 17.0 Å². The van der Waals surface area contributed by atoms with Gasteiger partial charge in [0, 0.05) is 46.5 Å². The van der Waals surface area contributed by atoms with Gasteiger partial charge in [-0.15, -0.1) is 0 Å². The Labute approximate surface area is 144 Å². The van der Waals surface area contributed by atoms with E-state index in [0.717, 1.165) is 24.2 Å². The summed E-state index contributed by atoms with van der Waals surface area (Å²) in [6, 6.07) is 4.07. The van der Waals surface area contributed by atoms with Crippen molar-refractivity contribution < 1.29 is 13.2 Å². The van der Waals surface area contributed by atoms with Crippen LogP contribution in [0, 0.1) is 0 Å². The van der Waals surface area contributed by atoms with E-state index in [2.05, 4.69) is 11.1 Å². The molecular formula is C16H26N4O3S. The Morgan fingerprint density at radius 1 is 1.21 bits per heavy atom. The second kappa shape index (κ2) is 7.35. The molecule has 24 heavy (non-hydrogen) atoms. The Morgan fingerprint density at radius 3 is 2.67 bits per heavy atom. The van der Waals surface area contributed by atoms with Crippen molar-refractivity contribution in [2.75, 3.05) is 58.4 Å². The van der Waals surface area contributed by atoms with Crippen LogP contribution in [0.4, 0.5) is 5.82 Å². The van der Waals surface area contributed by atoms with Gasteiger partial charge in [0.1, 0.15) is 5.82 Å². The molecule has 0 radical (unpaired) electrons. The molecule has 0 unspecified atom stereocenters. The number of pyridine rings is 1. The molecule has 2 saturated heterocycles. The van der Waals surface area contributed by atoms with Gasteiger partial charge in [0.15, 0.2) is 0 Å². The third-order valence-electron chi connectivity index (χ3n) is 4.71. The summed E-state index contributed by atoms with van der Waals surface area (Å²) in [5.74, 6) is 1.12. The standard InChI is InChI=1S/C16H26N4O3S/c1-18(2)16-12-14(5-6-17-16)15-4-3-7-20(13-15)24(21,22)19-8-10-23-11-9-19/h5-6,12,15H,3-4,7-11,13H2,1-2H3/t15-/m1/s1. The summed E-state index contributed by atoms with van der Waals surface area (Å²) >= 11 is 0. The highest BCUT2D eigenvalue weighted by atomic mass is 32.2. The molecule has 7 nitrogen and oxygen atoms in total. The Bertz CT molecular complexity index is 659. The maximum absolute atomic E-state index is 12.9. The topological polar surface area (TPSA) is 66.0 Å². The minimum absolute atomic E-state index is 0.219. The minimum Gasteiger partial charge on any atom is -0.379 e. The van der Waals surface area contributed by atoms with Crippen molar-refractivity contribution in [3.8, 4) is 0 Å². The number of hydrogen-bond donors (Lipinski definition) is 0. The van der Waals surface area contributed by atoms with Crippen molar-refractivity contribution in [2.24, 2.45) is 0 Å². The Balaban J connectivity index is 1.75. The number of morpholine rings is 1. The summed E-state index contributed by atoms with van der Waals surface area (Å²) < 4.78 is 34.2. The van der Waals surface area contributed by atoms with E-state index >= 15 is 0 Å². The number of aromatic nitrogens is 1. The van der Waals surface area contributed by atoms with Crippen molar-refractivity contribution in [3.63, 3.8) is 0 Å². The summed E-state index contributed by atoms with van der Waals surface area (Å²) in [7, 11) is 0.529. The first-order valence-corrected chi connectivity index (χ1v) is 9.84. The lowest BCUT2D eigenvalue weighted by molar-refractivity contribution is 0.0695. The molecule has 0 saturated carbocycles. The molecule has 0 aliphatic carbocycles. The van der Waals surface area contributed by atoms with E-state index < -0.39 is 10.2 Å². The van der Waals surface area contributed by atoms with E-state index in [-0.39, 0.29) is 5.92 Å². The molecule has 1 aromatic heterocycles. The van der Waals surface area contributed by atoms with Crippen LogP contribution in [-0.4, -0.2) is 75.5 Å². The second-order valence-electron chi connectivity index (χ2n) is 6.56. The van der Waals surface area contributed by atoms with Crippen molar-refractivity contribution >= 4 is 16.0 Å². The van der Waals surface area contributed by atoms with E-state index in [0.29, 0.717) is 39.4 Å². The maximum Gasteiger partial charge on any atom is 0.282 e. The molecule has 0 bridgehead atoms. The van der Waals surface area contributed by atoms with E-state index in [1.54, 1.807) is 14.8 Å². The lowest BCUT2D eigenvalue weighted by atomic mass is 9.92. The van der Waals surface area contributed by atoms with Crippen LogP contribution in [0.3, 0.4) is 0 Å². The number of anilines is 1. The third-order valence-corrected chi connectivity index (χ3v) is 6.71. The fourth-order valence-corrected chi connectivity index (χ4v) is 4.96. The third kappa shape index (κ3) is 3.72. The largest absolute Gasteiger partial charge is 0.379 e. The first-order chi connectivity index (χ1) is 11.5. The molecule has 0 aromatic carbocycles. The zero-order chi connectivity index (χ0) is 17.2. The second-order valence-corrected chi connectivity index (χ2v) is 8.49. The molecule has 1 atom stereocenters. The summed E-state index contributed by atoms with van der Waals surface area (Å²) in [6.07, 6.45) is 3.69. The first-order valence-electron chi connectivity index (χ1n) is 8.45. The van der Waals surface area contributed by atoms with Gasteiger partial charge >= 0.3 is 0 Å². The van der Waals surface area contributed by atoms with E-state index in [1.165, 1.54) is 0 Å². The molecule has 2 aliphatic rings. The van der Waals surface area contributed by atoms with Crippen LogP contribution in [0.1, 0.15) is 24.3 Å². The summed E-state index contributed by atoms with van der Waals surface area (Å²) in [6.45, 7) is 2.99. The smallest absolute Gasteiger partial charge is 0.282 e. The summed E-state index contributed by atoms with van der Waals surface area (Å²) in [5.41, 5.74) is 1.16. The van der Waals surface area contributed by atoms with Crippen LogP contribution in [0.25, 0.3) is 0 Å². The quantitative estimate of drug-likeness (QED) is 0.804. The van der Waals surface area contributed by atoms with Crippen LogP contribution >= 0.6 is 0 Å². The molecule has 2 aliphatic heterocycles. The SMILES string of the molecule is CN(C)c1cc([C@@H]2CCCN(S(=O)(=O)N3CCOCC3)C2)ccn1. The molecule has 2 fully saturated rings. The predicted molar refractivity (Wildman–Crippen MR) is 93.4 cm³/mol. The molecule has 3 rings (SSSR count). The van der Waals surface area contributed by atoms with E-state index in [1.807, 2.05) is 25.1 Å². The monoisotopic (exact) mass is 354 g/mol. The molecular weight excluding hydrogens is 328 g/mol. The average Bonchev–Trinajstić information content (AvgIpc) is 2.62. The number of hydrogen-bond acceptors (Lipinski definition) is 5. The summed E-state index contributed by atoms with van der Waals surface area (Å²) in [5, 5.41) is 0. The van der Waals surface area contributed by atoms with Crippen LogP contribution in [0.15, 0.2) is 18.3 Å². The van der Waals surface area contributed by atoms with Crippen molar-refractivity contribution in [3.05, 3.63) is 23.9 Å². The molecule has 1 aromatic rings. The molecule has 0 spiro atoms. The average molecular weight is 354 g/mol. The number of nitrogens with zero attached hydrogens (tertiary/aromatic N) is 4. The zero-order valence-corrected chi connectivity index (χ0v) is 15.2. The summed E-state index contributed by atoms with van der Waals surface area (Å²) in [4.78, 5) is 6.31. The lowest BCUT2D eigenvalue weighted by Gasteiger charge is -2.37. The van der Waals surface area contributed by atoms with Gasteiger partial charge < -0.3 is 9.64 Å². The number of rotatable bonds is 4. The van der Waals surface area contributed by atoms with Crippen LogP contribution < -0.4 is 4.90 Å². The van der Waals surface area contributed by atoms with Gasteiger partial charge in [0.25, 0.3) is 10.2 Å². The van der Waals surface area contributed by atoms with E-state index in [4.69, 9.17) is 4.74 Å². The van der Waals surface area contributed by atoms with Crippen LogP contribution in [0.2, 0.25) is 0 Å². The van der Waals surface area contributed by atoms with Crippen molar-refractivity contribution in [1.82, 2.24) is 13.6 Å². The fraction of sp³-hybridized carbons (Fsp3) is 0.688. The van der Waals surface area contributed by atoms with Gasteiger partial charge in [-0.3, -0.25) is 0 Å². The predicted octanol–water partition coefficient (Wildman–Crippen LogP) is 0.904. The van der Waals surface area contributed by atoms with Crippen molar-refractivity contribution in [1.29, 1.82) is 0 Å². The molecule has 0 N–H and O–H groups in total. The Morgan fingerprint density at radius 2 is 1.96 bits per heavy atom.